The molecule has 168 valence electrons. The monoisotopic (exact) mass is 452 g/mol. The number of rotatable bonds is 9. The first-order chi connectivity index (χ1) is 14.6. The summed E-state index contributed by atoms with van der Waals surface area (Å²) in [6.07, 6.45) is 0. The number of hydrogen-bond donors (Lipinski definition) is 1. The second kappa shape index (κ2) is 10.2. The van der Waals surface area contributed by atoms with Gasteiger partial charge >= 0.3 is 13.9 Å². The number of nitro benzene ring substituents is 1. The molecule has 0 aliphatic rings. The smallest absolute Gasteiger partial charge is 0.448 e. The van der Waals surface area contributed by atoms with E-state index in [-0.39, 0.29) is 28.7 Å². The Bertz CT molecular complexity index is 977. The Balaban J connectivity index is 2.83. The topological polar surface area (TPSA) is 124 Å². The molecule has 2 rings (SSSR count). The van der Waals surface area contributed by atoms with Gasteiger partial charge in [0.15, 0.2) is 0 Å². The maximum absolute atomic E-state index is 13.1. The first-order valence-electron chi connectivity index (χ1n) is 9.37. The minimum absolute atomic E-state index is 0.0902. The Morgan fingerprint density at radius 1 is 1.23 bits per heavy atom. The highest BCUT2D eigenvalue weighted by molar-refractivity contribution is 7.69. The summed E-state index contributed by atoms with van der Waals surface area (Å²) in [5, 5.41) is 11.5. The van der Waals surface area contributed by atoms with Crippen LogP contribution in [-0.2, 0) is 13.8 Å². The lowest BCUT2D eigenvalue weighted by Gasteiger charge is -2.21. The number of nitro groups is 1. The van der Waals surface area contributed by atoms with Crippen LogP contribution in [0.1, 0.15) is 21.7 Å². The fourth-order valence-electron chi connectivity index (χ4n) is 3.14. The molecule has 10 nitrogen and oxygen atoms in total. The molecule has 0 saturated heterocycles. The molecular formula is C20H27N3O7P+. The fraction of sp³-hybridized carbons (Fsp3) is 0.400. The number of non-ortho nitro benzene ring substituents is 1. The third-order valence-electron chi connectivity index (χ3n) is 4.63. The zero-order valence-electron chi connectivity index (χ0n) is 18.4. The largest absolute Gasteiger partial charge is 0.461 e. The zero-order valence-corrected chi connectivity index (χ0v) is 19.3. The average molecular weight is 452 g/mol. The number of benzene rings is 1. The number of likely N-dealkylation sites (N-methyl/N-ethyl adjacent to an activating group) is 1. The third kappa shape index (κ3) is 5.41. The minimum atomic E-state index is -3.64. The molecule has 0 saturated carbocycles. The number of esters is 1. The Kier molecular flexibility index (Phi) is 8.16. The molecule has 11 heteroatoms. The Hall–Kier alpha value is -2.49. The van der Waals surface area contributed by atoms with E-state index in [1.54, 1.807) is 19.9 Å². The maximum atomic E-state index is 13.1. The summed E-state index contributed by atoms with van der Waals surface area (Å²) in [5.74, 6) is -0.659. The third-order valence-corrected chi connectivity index (χ3v) is 6.73. The number of ether oxygens (including phenoxy) is 1. The normalized spacial score (nSPS) is 11.6. The van der Waals surface area contributed by atoms with Gasteiger partial charge in [0.2, 0.25) is 5.30 Å². The molecule has 0 radical (unpaired) electrons. The predicted octanol–water partition coefficient (Wildman–Crippen LogP) is 2.67. The molecular weight excluding hydrogens is 425 g/mol. The van der Waals surface area contributed by atoms with Gasteiger partial charge < -0.3 is 9.64 Å². The zero-order chi connectivity index (χ0) is 23.3. The number of pyridine rings is 1. The van der Waals surface area contributed by atoms with Crippen LogP contribution in [0.3, 0.4) is 0 Å². The van der Waals surface area contributed by atoms with Crippen molar-refractivity contribution >= 4 is 24.9 Å². The van der Waals surface area contributed by atoms with Crippen LogP contribution in [0.25, 0.3) is 11.1 Å². The first-order valence-corrected chi connectivity index (χ1v) is 10.9. The van der Waals surface area contributed by atoms with Crippen LogP contribution in [0.15, 0.2) is 24.3 Å². The van der Waals surface area contributed by atoms with Crippen molar-refractivity contribution in [2.24, 2.45) is 0 Å². The molecule has 0 aliphatic carbocycles. The standard InChI is InChI=1S/C20H27N3O7P/c1-13-17(20(24)30-11-10-22(3)4)18(15-8-7-9-16(12-15)23(25)26)19(14(2)21-13)31(27,28-5)29-6/h7-9,12,27H,10-11H2,1-6H3/q+1. The van der Waals surface area contributed by atoms with Crippen molar-refractivity contribution < 1.29 is 28.4 Å². The number of nitrogens with zero attached hydrogens (tertiary/aromatic N) is 3. The summed E-state index contributed by atoms with van der Waals surface area (Å²) >= 11 is 0. The first kappa shape index (κ1) is 24.8. The molecule has 0 atom stereocenters. The van der Waals surface area contributed by atoms with Crippen molar-refractivity contribution in [3.05, 3.63) is 51.3 Å². The van der Waals surface area contributed by atoms with Crippen LogP contribution in [0.2, 0.25) is 0 Å². The number of aryl methyl sites for hydroxylation is 2. The summed E-state index contributed by atoms with van der Waals surface area (Å²) in [6, 6.07) is 5.77. The summed E-state index contributed by atoms with van der Waals surface area (Å²) < 4.78 is 16.0. The van der Waals surface area contributed by atoms with E-state index < -0.39 is 18.8 Å². The van der Waals surface area contributed by atoms with Gasteiger partial charge in [-0.25, -0.2) is 4.79 Å². The van der Waals surface area contributed by atoms with Crippen molar-refractivity contribution in [3.8, 4) is 11.1 Å². The molecule has 0 bridgehead atoms. The molecule has 31 heavy (non-hydrogen) atoms. The van der Waals surface area contributed by atoms with Crippen LogP contribution >= 0.6 is 7.94 Å². The van der Waals surface area contributed by atoms with Crippen molar-refractivity contribution in [2.75, 3.05) is 41.5 Å². The van der Waals surface area contributed by atoms with Crippen molar-refractivity contribution in [3.63, 3.8) is 0 Å². The summed E-state index contributed by atoms with van der Waals surface area (Å²) in [7, 11) is 2.62. The maximum Gasteiger partial charge on any atom is 0.448 e. The number of carbonyl (C=O) groups is 1. The van der Waals surface area contributed by atoms with Gasteiger partial charge in [0.25, 0.3) is 5.69 Å². The van der Waals surface area contributed by atoms with Gasteiger partial charge in [-0.2, -0.15) is 13.9 Å². The molecule has 0 aliphatic heterocycles. The number of carbonyl (C=O) groups excluding carboxylic acids is 1. The average Bonchev–Trinajstić information content (AvgIpc) is 2.72. The Morgan fingerprint density at radius 2 is 1.87 bits per heavy atom. The predicted molar refractivity (Wildman–Crippen MR) is 117 cm³/mol. The summed E-state index contributed by atoms with van der Waals surface area (Å²) in [5.41, 5.74) is 1.24. The van der Waals surface area contributed by atoms with E-state index in [2.05, 4.69) is 4.98 Å². The summed E-state index contributed by atoms with van der Waals surface area (Å²) in [4.78, 5) is 41.2. The highest BCUT2D eigenvalue weighted by atomic mass is 31.2. The Labute approximate surface area is 181 Å². The molecule has 2 aromatic rings. The van der Waals surface area contributed by atoms with Crippen LogP contribution < -0.4 is 5.30 Å². The second-order valence-corrected chi connectivity index (χ2v) is 9.23. The van der Waals surface area contributed by atoms with Gasteiger partial charge in [-0.15, -0.1) is 0 Å². The van der Waals surface area contributed by atoms with Crippen molar-refractivity contribution in [1.29, 1.82) is 0 Å². The van der Waals surface area contributed by atoms with Crippen LogP contribution in [0.5, 0.6) is 0 Å². The van der Waals surface area contributed by atoms with Gasteiger partial charge in [0.1, 0.15) is 6.61 Å². The van der Waals surface area contributed by atoms with Gasteiger partial charge in [-0.1, -0.05) is 12.1 Å². The molecule has 1 heterocycles. The lowest BCUT2D eigenvalue weighted by atomic mass is 9.97. The molecule has 0 fully saturated rings. The van der Waals surface area contributed by atoms with Gasteiger partial charge in [0.05, 0.1) is 41.7 Å². The van der Waals surface area contributed by atoms with E-state index in [4.69, 9.17) is 13.8 Å². The SMILES string of the molecule is CO[P+](O)(OC)c1c(C)nc(C)c(C(=O)OCCN(C)C)c1-c1cccc([N+](=O)[O-])c1. The van der Waals surface area contributed by atoms with Gasteiger partial charge in [-0.3, -0.25) is 15.1 Å². The van der Waals surface area contributed by atoms with Crippen LogP contribution in [0.4, 0.5) is 5.69 Å². The Morgan fingerprint density at radius 3 is 2.42 bits per heavy atom. The number of hydrogen-bond acceptors (Lipinski definition) is 9. The van der Waals surface area contributed by atoms with E-state index >= 15 is 0 Å². The van der Waals surface area contributed by atoms with Crippen molar-refractivity contribution in [2.45, 2.75) is 13.8 Å². The lowest BCUT2D eigenvalue weighted by molar-refractivity contribution is -0.384. The molecule has 0 amide bonds. The lowest BCUT2D eigenvalue weighted by Crippen LogP contribution is -2.26. The van der Waals surface area contributed by atoms with Crippen LogP contribution in [-0.4, -0.2) is 67.1 Å². The van der Waals surface area contributed by atoms with Crippen molar-refractivity contribution in [1.82, 2.24) is 9.88 Å². The highest BCUT2D eigenvalue weighted by Gasteiger charge is 2.48. The highest BCUT2D eigenvalue weighted by Crippen LogP contribution is 2.57. The van der Waals surface area contributed by atoms with Gasteiger partial charge in [0, 0.05) is 18.7 Å². The molecule has 1 N–H and O–H groups in total. The molecule has 0 unspecified atom stereocenters. The number of aromatic nitrogens is 1. The molecule has 1 aromatic heterocycles. The van der Waals surface area contributed by atoms with Crippen LogP contribution in [0, 0.1) is 24.0 Å². The fourth-order valence-corrected chi connectivity index (χ4v) is 4.64. The minimum Gasteiger partial charge on any atom is -0.461 e. The molecule has 0 spiro atoms. The molecule has 1 aromatic carbocycles. The van der Waals surface area contributed by atoms with E-state index in [1.165, 1.54) is 32.4 Å². The quantitative estimate of drug-likeness (QED) is 0.265. The van der Waals surface area contributed by atoms with E-state index in [0.29, 0.717) is 23.5 Å². The van der Waals surface area contributed by atoms with Gasteiger partial charge in [-0.05, 0) is 33.5 Å². The van der Waals surface area contributed by atoms with E-state index in [1.807, 2.05) is 19.0 Å². The summed E-state index contributed by atoms with van der Waals surface area (Å²) in [6.45, 7) is 3.93. The van der Waals surface area contributed by atoms with E-state index in [0.717, 1.165) is 0 Å². The van der Waals surface area contributed by atoms with E-state index in [9.17, 15) is 19.8 Å². The second-order valence-electron chi connectivity index (χ2n) is 7.01.